The molecule has 0 radical (unpaired) electrons. The first-order chi connectivity index (χ1) is 7.11. The second kappa shape index (κ2) is 7.83. The van der Waals surface area contributed by atoms with Crippen LogP contribution in [0.1, 0.15) is 34.1 Å². The fourth-order valence-electron chi connectivity index (χ4n) is 1.43. The number of hydrogen-bond donors (Lipinski definition) is 0. The largest absolute Gasteiger partial charge is 0.380 e. The van der Waals surface area contributed by atoms with Crippen LogP contribution >= 0.6 is 0 Å². The Morgan fingerprint density at radius 3 is 2.40 bits per heavy atom. The van der Waals surface area contributed by atoms with Gasteiger partial charge in [0, 0.05) is 25.1 Å². The van der Waals surface area contributed by atoms with Gasteiger partial charge in [-0.05, 0) is 19.9 Å². The zero-order chi connectivity index (χ0) is 11.7. The standard InChI is InChI=1S/C12H25NO2/c1-5-12(4,11-14)10-13(6-2)8-9-15-7-3/h11H,5-10H2,1-4H3. The smallest absolute Gasteiger partial charge is 0.127 e. The van der Waals surface area contributed by atoms with Gasteiger partial charge in [-0.25, -0.2) is 0 Å². The van der Waals surface area contributed by atoms with E-state index in [1.165, 1.54) is 0 Å². The summed E-state index contributed by atoms with van der Waals surface area (Å²) < 4.78 is 5.32. The maximum absolute atomic E-state index is 11.0. The van der Waals surface area contributed by atoms with E-state index >= 15 is 0 Å². The molecule has 0 aromatic carbocycles. The summed E-state index contributed by atoms with van der Waals surface area (Å²) in [6, 6.07) is 0. The minimum Gasteiger partial charge on any atom is -0.380 e. The van der Waals surface area contributed by atoms with Crippen LogP contribution in [0, 0.1) is 5.41 Å². The van der Waals surface area contributed by atoms with Gasteiger partial charge in [-0.1, -0.05) is 20.8 Å². The van der Waals surface area contributed by atoms with Crippen molar-refractivity contribution in [1.82, 2.24) is 4.90 Å². The van der Waals surface area contributed by atoms with E-state index in [2.05, 4.69) is 18.7 Å². The molecule has 0 aliphatic carbocycles. The quantitative estimate of drug-likeness (QED) is 0.435. The summed E-state index contributed by atoms with van der Waals surface area (Å²) >= 11 is 0. The van der Waals surface area contributed by atoms with Crippen molar-refractivity contribution >= 4 is 6.29 Å². The maximum atomic E-state index is 11.0. The van der Waals surface area contributed by atoms with Crippen molar-refractivity contribution < 1.29 is 9.53 Å². The number of carbonyl (C=O) groups is 1. The number of ether oxygens (including phenoxy) is 1. The van der Waals surface area contributed by atoms with Crippen molar-refractivity contribution in [1.29, 1.82) is 0 Å². The van der Waals surface area contributed by atoms with E-state index in [1.54, 1.807) is 0 Å². The number of carbonyl (C=O) groups excluding carboxylic acids is 1. The summed E-state index contributed by atoms with van der Waals surface area (Å²) in [6.07, 6.45) is 1.97. The number of nitrogens with zero attached hydrogens (tertiary/aromatic N) is 1. The van der Waals surface area contributed by atoms with Crippen LogP contribution in [0.4, 0.5) is 0 Å². The molecule has 0 heterocycles. The lowest BCUT2D eigenvalue weighted by molar-refractivity contribution is -0.116. The third kappa shape index (κ3) is 5.90. The molecule has 0 bridgehead atoms. The van der Waals surface area contributed by atoms with E-state index in [-0.39, 0.29) is 5.41 Å². The minimum atomic E-state index is -0.206. The molecular weight excluding hydrogens is 190 g/mol. The lowest BCUT2D eigenvalue weighted by Gasteiger charge is -2.29. The van der Waals surface area contributed by atoms with Crippen LogP contribution in [0.2, 0.25) is 0 Å². The van der Waals surface area contributed by atoms with Crippen LogP contribution in [0.5, 0.6) is 0 Å². The molecule has 0 aliphatic heterocycles. The lowest BCUT2D eigenvalue weighted by Crippen LogP contribution is -2.38. The first-order valence-corrected chi connectivity index (χ1v) is 5.88. The van der Waals surface area contributed by atoms with Gasteiger partial charge in [-0.2, -0.15) is 0 Å². The van der Waals surface area contributed by atoms with Crippen LogP contribution in [0.15, 0.2) is 0 Å². The number of rotatable bonds is 9. The minimum absolute atomic E-state index is 0.206. The summed E-state index contributed by atoms with van der Waals surface area (Å²) in [5.74, 6) is 0. The molecule has 3 heteroatoms. The average molecular weight is 215 g/mol. The second-order valence-corrected chi connectivity index (χ2v) is 4.19. The number of hydrogen-bond acceptors (Lipinski definition) is 3. The third-order valence-electron chi connectivity index (χ3n) is 2.88. The molecule has 90 valence electrons. The molecule has 3 nitrogen and oxygen atoms in total. The van der Waals surface area contributed by atoms with Crippen molar-refractivity contribution in [3.8, 4) is 0 Å². The van der Waals surface area contributed by atoms with E-state index in [9.17, 15) is 4.79 Å². The molecule has 0 N–H and O–H groups in total. The molecule has 0 fully saturated rings. The van der Waals surface area contributed by atoms with E-state index in [1.807, 2.05) is 13.8 Å². The molecule has 15 heavy (non-hydrogen) atoms. The maximum Gasteiger partial charge on any atom is 0.127 e. The van der Waals surface area contributed by atoms with Crippen LogP contribution < -0.4 is 0 Å². The summed E-state index contributed by atoms with van der Waals surface area (Å²) in [5, 5.41) is 0. The van der Waals surface area contributed by atoms with Crippen molar-refractivity contribution in [2.45, 2.75) is 34.1 Å². The van der Waals surface area contributed by atoms with Crippen LogP contribution in [-0.2, 0) is 9.53 Å². The van der Waals surface area contributed by atoms with Crippen LogP contribution in [0.25, 0.3) is 0 Å². The van der Waals surface area contributed by atoms with Gasteiger partial charge in [-0.15, -0.1) is 0 Å². The first-order valence-electron chi connectivity index (χ1n) is 5.88. The summed E-state index contributed by atoms with van der Waals surface area (Å²) in [4.78, 5) is 13.3. The fourth-order valence-corrected chi connectivity index (χ4v) is 1.43. The Hall–Kier alpha value is -0.410. The Morgan fingerprint density at radius 2 is 2.00 bits per heavy atom. The monoisotopic (exact) mass is 215 g/mol. The predicted octanol–water partition coefficient (Wildman–Crippen LogP) is 1.96. The Morgan fingerprint density at radius 1 is 1.33 bits per heavy atom. The summed E-state index contributed by atoms with van der Waals surface area (Å²) in [7, 11) is 0. The normalized spacial score (nSPS) is 15.3. The highest BCUT2D eigenvalue weighted by molar-refractivity contribution is 5.58. The Kier molecular flexibility index (Phi) is 7.61. The third-order valence-corrected chi connectivity index (χ3v) is 2.88. The fraction of sp³-hybridized carbons (Fsp3) is 0.917. The van der Waals surface area contributed by atoms with Crippen molar-refractivity contribution in [2.24, 2.45) is 5.41 Å². The van der Waals surface area contributed by atoms with Crippen molar-refractivity contribution in [3.05, 3.63) is 0 Å². The topological polar surface area (TPSA) is 29.5 Å². The molecule has 0 aromatic heterocycles. The van der Waals surface area contributed by atoms with Gasteiger partial charge in [-0.3, -0.25) is 0 Å². The molecule has 0 aliphatic rings. The summed E-state index contributed by atoms with van der Waals surface area (Å²) in [6.45, 7) is 12.4. The van der Waals surface area contributed by atoms with Gasteiger partial charge < -0.3 is 14.4 Å². The lowest BCUT2D eigenvalue weighted by atomic mass is 9.89. The van der Waals surface area contributed by atoms with Gasteiger partial charge in [0.05, 0.1) is 6.61 Å². The highest BCUT2D eigenvalue weighted by Gasteiger charge is 2.23. The van der Waals surface area contributed by atoms with Gasteiger partial charge in [0.2, 0.25) is 0 Å². The first kappa shape index (κ1) is 14.6. The van der Waals surface area contributed by atoms with E-state index in [4.69, 9.17) is 4.74 Å². The van der Waals surface area contributed by atoms with Gasteiger partial charge in [0.1, 0.15) is 6.29 Å². The highest BCUT2D eigenvalue weighted by Crippen LogP contribution is 2.19. The van der Waals surface area contributed by atoms with Crippen LogP contribution in [0.3, 0.4) is 0 Å². The average Bonchev–Trinajstić information content (AvgIpc) is 2.27. The zero-order valence-electron chi connectivity index (χ0n) is 10.6. The number of likely N-dealkylation sites (N-methyl/N-ethyl adjacent to an activating group) is 1. The highest BCUT2D eigenvalue weighted by atomic mass is 16.5. The molecule has 0 saturated carbocycles. The van der Waals surface area contributed by atoms with Crippen LogP contribution in [-0.4, -0.2) is 44.0 Å². The number of aldehydes is 1. The molecule has 1 atom stereocenters. The van der Waals surface area contributed by atoms with Crippen molar-refractivity contribution in [2.75, 3.05) is 32.8 Å². The molecule has 0 saturated heterocycles. The van der Waals surface area contributed by atoms with Gasteiger partial charge in [0.25, 0.3) is 0 Å². The second-order valence-electron chi connectivity index (χ2n) is 4.19. The zero-order valence-corrected chi connectivity index (χ0v) is 10.6. The molecule has 1 unspecified atom stereocenters. The Balaban J connectivity index is 4.01. The molecular formula is C12H25NO2. The van der Waals surface area contributed by atoms with E-state index in [0.29, 0.717) is 0 Å². The predicted molar refractivity (Wildman–Crippen MR) is 63.1 cm³/mol. The SMILES string of the molecule is CCOCCN(CC)CC(C)(C=O)CC. The molecule has 0 amide bonds. The summed E-state index contributed by atoms with van der Waals surface area (Å²) in [5.41, 5.74) is -0.206. The van der Waals surface area contributed by atoms with Crippen molar-refractivity contribution in [3.63, 3.8) is 0 Å². The Bertz CT molecular complexity index is 173. The van der Waals surface area contributed by atoms with Gasteiger partial charge >= 0.3 is 0 Å². The molecule has 0 spiro atoms. The molecule has 0 rings (SSSR count). The molecule has 0 aromatic rings. The Labute approximate surface area is 93.8 Å². The van der Waals surface area contributed by atoms with E-state index < -0.39 is 0 Å². The van der Waals surface area contributed by atoms with E-state index in [0.717, 1.165) is 45.6 Å². The van der Waals surface area contributed by atoms with Gasteiger partial charge in [0.15, 0.2) is 0 Å².